The molecule has 1 aromatic heterocycles. The number of hydrogen-bond acceptors (Lipinski definition) is 6. The molecule has 1 heterocycles. The molecule has 1 aromatic carbocycles. The fourth-order valence-corrected chi connectivity index (χ4v) is 2.89. The third kappa shape index (κ3) is 5.54. The van der Waals surface area contributed by atoms with Gasteiger partial charge in [-0.3, -0.25) is 4.79 Å². The molecule has 0 aliphatic heterocycles. The molecule has 0 radical (unpaired) electrons. The molecular formula is C19H24N6O. The molecule has 0 saturated heterocycles. The zero-order valence-corrected chi connectivity index (χ0v) is 15.0. The predicted octanol–water partition coefficient (Wildman–Crippen LogP) is 3.88. The maximum absolute atomic E-state index is 11.0. The minimum Gasteiger partial charge on any atom is -0.368 e. The number of allylic oxidation sites excluding steroid dienone is 1. The summed E-state index contributed by atoms with van der Waals surface area (Å²) in [7, 11) is 0. The second kappa shape index (κ2) is 8.94. The Balaban J connectivity index is 1.53. The number of amides is 1. The number of aromatic nitrogens is 3. The van der Waals surface area contributed by atoms with Crippen molar-refractivity contribution in [2.45, 2.75) is 39.0 Å². The summed E-state index contributed by atoms with van der Waals surface area (Å²) in [5.74, 6) is 1.04. The van der Waals surface area contributed by atoms with Gasteiger partial charge in [0.2, 0.25) is 11.9 Å². The van der Waals surface area contributed by atoms with Crippen LogP contribution in [0.1, 0.15) is 39.0 Å². The van der Waals surface area contributed by atoms with E-state index in [1.165, 1.54) is 38.2 Å². The standard InChI is InChI=1S/C19H24N6O/c1-14(26)22-16-7-9-17(10-8-16)23-19-24-18(13-21-25-19)20-12-11-15-5-3-2-4-6-15/h5,7-10,13H,2-4,6,11-12H2,1H3,(H,22,26)(H2,20,23,24,25). The van der Waals surface area contributed by atoms with E-state index in [9.17, 15) is 4.79 Å². The van der Waals surface area contributed by atoms with Crippen molar-refractivity contribution >= 4 is 29.0 Å². The lowest BCUT2D eigenvalue weighted by molar-refractivity contribution is -0.114. The van der Waals surface area contributed by atoms with Gasteiger partial charge in [-0.25, -0.2) is 0 Å². The first-order valence-electron chi connectivity index (χ1n) is 8.95. The van der Waals surface area contributed by atoms with Crippen LogP contribution in [-0.4, -0.2) is 27.6 Å². The Morgan fingerprint density at radius 2 is 1.96 bits per heavy atom. The van der Waals surface area contributed by atoms with E-state index in [0.29, 0.717) is 11.8 Å². The zero-order valence-electron chi connectivity index (χ0n) is 15.0. The average Bonchev–Trinajstić information content (AvgIpc) is 2.64. The van der Waals surface area contributed by atoms with E-state index in [1.54, 1.807) is 6.20 Å². The van der Waals surface area contributed by atoms with Crippen molar-refractivity contribution < 1.29 is 4.79 Å². The highest BCUT2D eigenvalue weighted by atomic mass is 16.1. The van der Waals surface area contributed by atoms with Gasteiger partial charge >= 0.3 is 0 Å². The summed E-state index contributed by atoms with van der Waals surface area (Å²) in [6.45, 7) is 2.32. The van der Waals surface area contributed by atoms with E-state index in [-0.39, 0.29) is 5.91 Å². The molecule has 0 atom stereocenters. The average molecular weight is 352 g/mol. The normalized spacial score (nSPS) is 13.7. The summed E-state index contributed by atoms with van der Waals surface area (Å²) in [6.07, 6.45) is 10.1. The van der Waals surface area contributed by atoms with Crippen molar-refractivity contribution in [1.82, 2.24) is 15.2 Å². The second-order valence-corrected chi connectivity index (χ2v) is 6.33. The highest BCUT2D eigenvalue weighted by molar-refractivity contribution is 5.88. The monoisotopic (exact) mass is 352 g/mol. The van der Waals surface area contributed by atoms with Crippen molar-refractivity contribution in [2.75, 3.05) is 22.5 Å². The number of carbonyl (C=O) groups is 1. The van der Waals surface area contributed by atoms with Gasteiger partial charge < -0.3 is 16.0 Å². The smallest absolute Gasteiger partial charge is 0.249 e. The van der Waals surface area contributed by atoms with Gasteiger partial charge in [-0.1, -0.05) is 11.6 Å². The first-order valence-corrected chi connectivity index (χ1v) is 8.95. The summed E-state index contributed by atoms with van der Waals surface area (Å²) < 4.78 is 0. The molecule has 0 unspecified atom stereocenters. The fraction of sp³-hybridized carbons (Fsp3) is 0.368. The van der Waals surface area contributed by atoms with Crippen LogP contribution in [0, 0.1) is 0 Å². The maximum atomic E-state index is 11.0. The number of nitrogens with zero attached hydrogens (tertiary/aromatic N) is 3. The number of nitrogens with one attached hydrogen (secondary N) is 3. The molecule has 0 spiro atoms. The topological polar surface area (TPSA) is 91.8 Å². The SMILES string of the molecule is CC(=O)Nc1ccc(Nc2nncc(NCCC3=CCCCC3)n2)cc1. The Morgan fingerprint density at radius 1 is 1.15 bits per heavy atom. The molecular weight excluding hydrogens is 328 g/mol. The molecule has 1 amide bonds. The lowest BCUT2D eigenvalue weighted by Crippen LogP contribution is -2.08. The molecule has 1 aliphatic rings. The highest BCUT2D eigenvalue weighted by Crippen LogP contribution is 2.20. The number of anilines is 4. The Labute approximate surface area is 153 Å². The molecule has 7 heteroatoms. The van der Waals surface area contributed by atoms with Crippen molar-refractivity contribution in [3.63, 3.8) is 0 Å². The molecule has 26 heavy (non-hydrogen) atoms. The Morgan fingerprint density at radius 3 is 2.69 bits per heavy atom. The van der Waals surface area contributed by atoms with Crippen LogP contribution >= 0.6 is 0 Å². The maximum Gasteiger partial charge on any atom is 0.249 e. The van der Waals surface area contributed by atoms with Gasteiger partial charge in [0, 0.05) is 24.8 Å². The van der Waals surface area contributed by atoms with Gasteiger partial charge in [0.1, 0.15) is 0 Å². The van der Waals surface area contributed by atoms with E-state index >= 15 is 0 Å². The zero-order chi connectivity index (χ0) is 18.2. The quantitative estimate of drug-likeness (QED) is 0.655. The molecule has 2 aromatic rings. The molecule has 0 fully saturated rings. The molecule has 3 N–H and O–H groups in total. The summed E-state index contributed by atoms with van der Waals surface area (Å²) in [5, 5.41) is 17.2. The van der Waals surface area contributed by atoms with E-state index in [4.69, 9.17) is 0 Å². The van der Waals surface area contributed by atoms with Gasteiger partial charge in [-0.05, 0) is 56.4 Å². The summed E-state index contributed by atoms with van der Waals surface area (Å²) in [4.78, 5) is 15.5. The summed E-state index contributed by atoms with van der Waals surface area (Å²) in [5.41, 5.74) is 3.10. The van der Waals surface area contributed by atoms with Crippen molar-refractivity contribution in [3.8, 4) is 0 Å². The van der Waals surface area contributed by atoms with Crippen LogP contribution < -0.4 is 16.0 Å². The minimum absolute atomic E-state index is 0.0963. The number of carbonyl (C=O) groups excluding carboxylic acids is 1. The third-order valence-corrected chi connectivity index (χ3v) is 4.16. The lowest BCUT2D eigenvalue weighted by atomic mass is 9.97. The summed E-state index contributed by atoms with van der Waals surface area (Å²) >= 11 is 0. The van der Waals surface area contributed by atoms with Gasteiger partial charge in [0.25, 0.3) is 0 Å². The largest absolute Gasteiger partial charge is 0.368 e. The van der Waals surface area contributed by atoms with Gasteiger partial charge in [-0.15, -0.1) is 5.10 Å². The molecule has 0 saturated carbocycles. The molecule has 136 valence electrons. The van der Waals surface area contributed by atoms with E-state index in [2.05, 4.69) is 37.2 Å². The first kappa shape index (κ1) is 17.8. The predicted molar refractivity (Wildman–Crippen MR) is 104 cm³/mol. The molecule has 1 aliphatic carbocycles. The highest BCUT2D eigenvalue weighted by Gasteiger charge is 2.05. The van der Waals surface area contributed by atoms with E-state index in [1.807, 2.05) is 24.3 Å². The van der Waals surface area contributed by atoms with Crippen molar-refractivity contribution in [1.29, 1.82) is 0 Å². The Bertz CT molecular complexity index is 772. The van der Waals surface area contributed by atoms with Gasteiger partial charge in [0.15, 0.2) is 5.82 Å². The van der Waals surface area contributed by atoms with Gasteiger partial charge in [0.05, 0.1) is 6.20 Å². The van der Waals surface area contributed by atoms with Crippen LogP contribution in [-0.2, 0) is 4.79 Å². The summed E-state index contributed by atoms with van der Waals surface area (Å²) in [6, 6.07) is 7.34. The molecule has 7 nitrogen and oxygen atoms in total. The third-order valence-electron chi connectivity index (χ3n) is 4.16. The first-order chi connectivity index (χ1) is 12.7. The van der Waals surface area contributed by atoms with Crippen molar-refractivity contribution in [2.24, 2.45) is 0 Å². The van der Waals surface area contributed by atoms with E-state index in [0.717, 1.165) is 24.3 Å². The van der Waals surface area contributed by atoms with Crippen molar-refractivity contribution in [3.05, 3.63) is 42.1 Å². The molecule has 3 rings (SSSR count). The number of benzene rings is 1. The van der Waals surface area contributed by atoms with Crippen LogP contribution in [0.25, 0.3) is 0 Å². The minimum atomic E-state index is -0.0963. The van der Waals surface area contributed by atoms with Gasteiger partial charge in [-0.2, -0.15) is 10.1 Å². The fourth-order valence-electron chi connectivity index (χ4n) is 2.89. The second-order valence-electron chi connectivity index (χ2n) is 6.33. The van der Waals surface area contributed by atoms with Crippen LogP contribution in [0.5, 0.6) is 0 Å². The Kier molecular flexibility index (Phi) is 6.14. The van der Waals surface area contributed by atoms with Crippen LogP contribution in [0.3, 0.4) is 0 Å². The lowest BCUT2D eigenvalue weighted by Gasteiger charge is -2.13. The van der Waals surface area contributed by atoms with Crippen LogP contribution in [0.4, 0.5) is 23.1 Å². The van der Waals surface area contributed by atoms with Crippen LogP contribution in [0.2, 0.25) is 0 Å². The Hall–Kier alpha value is -2.96. The van der Waals surface area contributed by atoms with E-state index < -0.39 is 0 Å². The number of hydrogen-bond donors (Lipinski definition) is 3. The molecule has 0 bridgehead atoms. The number of rotatable bonds is 7. The van der Waals surface area contributed by atoms with Crippen LogP contribution in [0.15, 0.2) is 42.1 Å².